The summed E-state index contributed by atoms with van der Waals surface area (Å²) in [6.45, 7) is 0. The fourth-order valence-corrected chi connectivity index (χ4v) is 2.57. The van der Waals surface area contributed by atoms with Gasteiger partial charge in [-0.3, -0.25) is 0 Å². The van der Waals surface area contributed by atoms with Crippen molar-refractivity contribution in [1.82, 2.24) is 0 Å². The molecule has 0 aliphatic heterocycles. The number of hydrogen-bond donors (Lipinski definition) is 1. The second-order valence-corrected chi connectivity index (χ2v) is 5.34. The summed E-state index contributed by atoms with van der Waals surface area (Å²) in [6, 6.07) is 8.56. The highest BCUT2D eigenvalue weighted by molar-refractivity contribution is 9.10. The van der Waals surface area contributed by atoms with Gasteiger partial charge >= 0.3 is 0 Å². The maximum atomic E-state index is 13.1. The molecule has 0 aromatic heterocycles. The van der Waals surface area contributed by atoms with Crippen molar-refractivity contribution in [3.8, 4) is 5.75 Å². The maximum absolute atomic E-state index is 13.1. The van der Waals surface area contributed by atoms with E-state index in [1.807, 2.05) is 12.1 Å². The number of nitrogens with two attached hydrogens (primary N) is 1. The Kier molecular flexibility index (Phi) is 4.73. The molecular weight excluding hydrogens is 328 g/mol. The number of halogens is 3. The fourth-order valence-electron chi connectivity index (χ4n) is 2.01. The molecule has 2 aromatic rings. The van der Waals surface area contributed by atoms with Crippen LogP contribution < -0.4 is 10.5 Å². The van der Waals surface area contributed by atoms with Crippen molar-refractivity contribution in [2.75, 3.05) is 7.11 Å². The van der Waals surface area contributed by atoms with Gasteiger partial charge in [-0.1, -0.05) is 6.07 Å². The molecule has 5 heteroatoms. The molecule has 2 aromatic carbocycles. The minimum atomic E-state index is -0.594. The van der Waals surface area contributed by atoms with Gasteiger partial charge < -0.3 is 10.5 Å². The van der Waals surface area contributed by atoms with Gasteiger partial charge in [0, 0.05) is 12.1 Å². The first kappa shape index (κ1) is 14.9. The standard InChI is InChI=1S/C15H14BrF2NO/c1-20-15-3-2-10(7-13(15)16)14(19)6-9-4-11(17)8-12(18)5-9/h2-5,7-8,14H,6,19H2,1H3. The molecule has 0 saturated heterocycles. The third-order valence-corrected chi connectivity index (χ3v) is 3.60. The van der Waals surface area contributed by atoms with Crippen molar-refractivity contribution in [1.29, 1.82) is 0 Å². The molecule has 0 amide bonds. The molecule has 2 nitrogen and oxygen atoms in total. The molecule has 0 spiro atoms. The minimum absolute atomic E-state index is 0.349. The average molecular weight is 342 g/mol. The van der Waals surface area contributed by atoms with E-state index in [0.717, 1.165) is 16.1 Å². The monoisotopic (exact) mass is 341 g/mol. The predicted octanol–water partition coefficient (Wildman–Crippen LogP) is 3.98. The van der Waals surface area contributed by atoms with E-state index in [-0.39, 0.29) is 6.04 Å². The smallest absolute Gasteiger partial charge is 0.133 e. The average Bonchev–Trinajstić information content (AvgIpc) is 2.37. The minimum Gasteiger partial charge on any atom is -0.496 e. The van der Waals surface area contributed by atoms with Crippen LogP contribution in [0.3, 0.4) is 0 Å². The molecule has 106 valence electrons. The van der Waals surface area contributed by atoms with Gasteiger partial charge in [0.15, 0.2) is 0 Å². The van der Waals surface area contributed by atoms with Gasteiger partial charge in [-0.2, -0.15) is 0 Å². The highest BCUT2D eigenvalue weighted by Gasteiger charge is 2.11. The Morgan fingerprint density at radius 1 is 1.15 bits per heavy atom. The van der Waals surface area contributed by atoms with Crippen LogP contribution in [0.25, 0.3) is 0 Å². The van der Waals surface area contributed by atoms with E-state index in [0.29, 0.717) is 17.7 Å². The summed E-state index contributed by atoms with van der Waals surface area (Å²) in [5, 5.41) is 0. The third-order valence-electron chi connectivity index (χ3n) is 2.98. The van der Waals surface area contributed by atoms with Crippen LogP contribution in [0.5, 0.6) is 5.75 Å². The molecule has 20 heavy (non-hydrogen) atoms. The SMILES string of the molecule is COc1ccc(C(N)Cc2cc(F)cc(F)c2)cc1Br. The lowest BCUT2D eigenvalue weighted by Crippen LogP contribution is -2.13. The first-order valence-electron chi connectivity index (χ1n) is 6.03. The lowest BCUT2D eigenvalue weighted by atomic mass is 9.99. The third kappa shape index (κ3) is 3.55. The molecular formula is C15H14BrF2NO. The molecule has 0 aliphatic rings. The van der Waals surface area contributed by atoms with Gasteiger partial charge in [-0.25, -0.2) is 8.78 Å². The summed E-state index contributed by atoms with van der Waals surface area (Å²) in [4.78, 5) is 0. The highest BCUT2D eigenvalue weighted by atomic mass is 79.9. The second-order valence-electron chi connectivity index (χ2n) is 4.48. The van der Waals surface area contributed by atoms with Gasteiger partial charge in [-0.15, -0.1) is 0 Å². The van der Waals surface area contributed by atoms with Gasteiger partial charge in [-0.05, 0) is 57.7 Å². The summed E-state index contributed by atoms with van der Waals surface area (Å²) in [6.07, 6.45) is 0.355. The largest absolute Gasteiger partial charge is 0.496 e. The van der Waals surface area contributed by atoms with E-state index in [1.165, 1.54) is 12.1 Å². The van der Waals surface area contributed by atoms with E-state index in [4.69, 9.17) is 10.5 Å². The van der Waals surface area contributed by atoms with Crippen LogP contribution >= 0.6 is 15.9 Å². The Bertz CT molecular complexity index is 599. The normalized spacial score (nSPS) is 12.2. The topological polar surface area (TPSA) is 35.2 Å². The van der Waals surface area contributed by atoms with Crippen LogP contribution in [0.4, 0.5) is 8.78 Å². The van der Waals surface area contributed by atoms with Crippen LogP contribution in [-0.4, -0.2) is 7.11 Å². The number of rotatable bonds is 4. The Morgan fingerprint density at radius 2 is 1.80 bits per heavy atom. The number of ether oxygens (including phenoxy) is 1. The summed E-state index contributed by atoms with van der Waals surface area (Å²) in [5.41, 5.74) is 7.47. The molecule has 2 N–H and O–H groups in total. The summed E-state index contributed by atoms with van der Waals surface area (Å²) < 4.78 is 32.2. The molecule has 0 saturated carbocycles. The fraction of sp³-hybridized carbons (Fsp3) is 0.200. The zero-order chi connectivity index (χ0) is 14.7. The van der Waals surface area contributed by atoms with Crippen molar-refractivity contribution >= 4 is 15.9 Å². The molecule has 1 unspecified atom stereocenters. The van der Waals surface area contributed by atoms with E-state index in [1.54, 1.807) is 13.2 Å². The molecule has 2 rings (SSSR count). The first-order chi connectivity index (χ1) is 9.49. The Balaban J connectivity index is 2.19. The summed E-state index contributed by atoms with van der Waals surface area (Å²) in [7, 11) is 1.58. The zero-order valence-corrected chi connectivity index (χ0v) is 12.5. The van der Waals surface area contributed by atoms with Crippen molar-refractivity contribution < 1.29 is 13.5 Å². The van der Waals surface area contributed by atoms with E-state index in [9.17, 15) is 8.78 Å². The van der Waals surface area contributed by atoms with Crippen LogP contribution in [0.1, 0.15) is 17.2 Å². The van der Waals surface area contributed by atoms with Crippen LogP contribution in [-0.2, 0) is 6.42 Å². The Labute approximate surface area is 124 Å². The van der Waals surface area contributed by atoms with Gasteiger partial charge in [0.1, 0.15) is 17.4 Å². The maximum Gasteiger partial charge on any atom is 0.133 e. The second kappa shape index (κ2) is 6.33. The predicted molar refractivity (Wildman–Crippen MR) is 77.7 cm³/mol. The molecule has 0 radical (unpaired) electrons. The van der Waals surface area contributed by atoms with E-state index in [2.05, 4.69) is 15.9 Å². The van der Waals surface area contributed by atoms with Crippen molar-refractivity contribution in [2.24, 2.45) is 5.73 Å². The number of benzene rings is 2. The first-order valence-corrected chi connectivity index (χ1v) is 6.83. The Hall–Kier alpha value is -1.46. The quantitative estimate of drug-likeness (QED) is 0.912. The van der Waals surface area contributed by atoms with Crippen LogP contribution in [0, 0.1) is 11.6 Å². The summed E-state index contributed by atoms with van der Waals surface area (Å²) >= 11 is 3.38. The molecule has 0 heterocycles. The van der Waals surface area contributed by atoms with E-state index < -0.39 is 11.6 Å². The van der Waals surface area contributed by atoms with Crippen molar-refractivity contribution in [2.45, 2.75) is 12.5 Å². The molecule has 0 bridgehead atoms. The van der Waals surface area contributed by atoms with Gasteiger partial charge in [0.25, 0.3) is 0 Å². The van der Waals surface area contributed by atoms with Crippen molar-refractivity contribution in [3.05, 3.63) is 63.6 Å². The van der Waals surface area contributed by atoms with Gasteiger partial charge in [0.2, 0.25) is 0 Å². The molecule has 1 atom stereocenters. The number of hydrogen-bond acceptors (Lipinski definition) is 2. The lowest BCUT2D eigenvalue weighted by Gasteiger charge is -2.14. The highest BCUT2D eigenvalue weighted by Crippen LogP contribution is 2.28. The van der Waals surface area contributed by atoms with Crippen molar-refractivity contribution in [3.63, 3.8) is 0 Å². The molecule has 0 aliphatic carbocycles. The lowest BCUT2D eigenvalue weighted by molar-refractivity contribution is 0.412. The number of methoxy groups -OCH3 is 1. The van der Waals surface area contributed by atoms with E-state index >= 15 is 0 Å². The molecule has 0 fully saturated rings. The van der Waals surface area contributed by atoms with Crippen LogP contribution in [0.2, 0.25) is 0 Å². The Morgan fingerprint density at radius 3 is 2.35 bits per heavy atom. The van der Waals surface area contributed by atoms with Gasteiger partial charge in [0.05, 0.1) is 11.6 Å². The summed E-state index contributed by atoms with van der Waals surface area (Å²) in [5.74, 6) is -0.482. The van der Waals surface area contributed by atoms with Crippen LogP contribution in [0.15, 0.2) is 40.9 Å². The zero-order valence-electron chi connectivity index (χ0n) is 10.9.